The van der Waals surface area contributed by atoms with Crippen molar-refractivity contribution >= 4 is 11.0 Å². The predicted molar refractivity (Wildman–Crippen MR) is 83.1 cm³/mol. The molecule has 0 unspecified atom stereocenters. The van der Waals surface area contributed by atoms with E-state index in [0.717, 1.165) is 48.1 Å². The standard InChI is InChI=1S/C17H24N2O2/c1-17(2,21)13-7-8-14-15(9-13)19-16(18-14)12-5-3-11(10-20)4-6-12/h7-9,11-12,20-21H,3-6,10H2,1-2H3,(H,18,19). The van der Waals surface area contributed by atoms with Crippen LogP contribution in [0.3, 0.4) is 0 Å². The van der Waals surface area contributed by atoms with Crippen molar-refractivity contribution in [1.82, 2.24) is 9.97 Å². The number of aromatic nitrogens is 2. The van der Waals surface area contributed by atoms with Gasteiger partial charge < -0.3 is 15.2 Å². The molecule has 1 fully saturated rings. The molecule has 1 saturated carbocycles. The van der Waals surface area contributed by atoms with Gasteiger partial charge in [-0.3, -0.25) is 0 Å². The quantitative estimate of drug-likeness (QED) is 0.813. The molecule has 3 N–H and O–H groups in total. The molecule has 0 bridgehead atoms. The maximum Gasteiger partial charge on any atom is 0.110 e. The summed E-state index contributed by atoms with van der Waals surface area (Å²) in [6.45, 7) is 3.89. The number of fused-ring (bicyclic) bond motifs is 1. The van der Waals surface area contributed by atoms with E-state index in [9.17, 15) is 10.2 Å². The van der Waals surface area contributed by atoms with Crippen LogP contribution in [-0.4, -0.2) is 26.8 Å². The van der Waals surface area contributed by atoms with Crippen molar-refractivity contribution in [3.63, 3.8) is 0 Å². The highest BCUT2D eigenvalue weighted by Gasteiger charge is 2.24. The van der Waals surface area contributed by atoms with Gasteiger partial charge in [-0.2, -0.15) is 0 Å². The number of aromatic amines is 1. The number of nitrogens with one attached hydrogen (secondary N) is 1. The molecule has 0 saturated heterocycles. The number of nitrogens with zero attached hydrogens (tertiary/aromatic N) is 1. The first-order chi connectivity index (χ1) is 9.97. The van der Waals surface area contributed by atoms with Crippen LogP contribution in [-0.2, 0) is 5.60 Å². The average Bonchev–Trinajstić information content (AvgIpc) is 2.89. The van der Waals surface area contributed by atoms with Crippen LogP contribution in [0.1, 0.15) is 56.8 Å². The minimum absolute atomic E-state index is 0.307. The fraction of sp³-hybridized carbons (Fsp3) is 0.588. The molecule has 1 aromatic carbocycles. The third kappa shape index (κ3) is 2.97. The number of benzene rings is 1. The Labute approximate surface area is 125 Å². The van der Waals surface area contributed by atoms with E-state index in [0.29, 0.717) is 18.4 Å². The smallest absolute Gasteiger partial charge is 0.110 e. The van der Waals surface area contributed by atoms with E-state index in [1.54, 1.807) is 13.8 Å². The van der Waals surface area contributed by atoms with E-state index >= 15 is 0 Å². The van der Waals surface area contributed by atoms with Crippen molar-refractivity contribution in [1.29, 1.82) is 0 Å². The van der Waals surface area contributed by atoms with Crippen LogP contribution in [0.15, 0.2) is 18.2 Å². The topological polar surface area (TPSA) is 69.1 Å². The summed E-state index contributed by atoms with van der Waals surface area (Å²) in [6.07, 6.45) is 4.33. The van der Waals surface area contributed by atoms with Crippen molar-refractivity contribution in [3.05, 3.63) is 29.6 Å². The summed E-state index contributed by atoms with van der Waals surface area (Å²) in [4.78, 5) is 8.14. The van der Waals surface area contributed by atoms with Gasteiger partial charge in [-0.15, -0.1) is 0 Å². The second-order valence-corrected chi connectivity index (χ2v) is 6.81. The Hall–Kier alpha value is -1.39. The zero-order valence-corrected chi connectivity index (χ0v) is 12.8. The summed E-state index contributed by atoms with van der Waals surface area (Å²) < 4.78 is 0. The minimum Gasteiger partial charge on any atom is -0.396 e. The Morgan fingerprint density at radius 3 is 2.57 bits per heavy atom. The molecule has 4 heteroatoms. The number of hydrogen-bond acceptors (Lipinski definition) is 3. The molecule has 3 rings (SSSR count). The van der Waals surface area contributed by atoms with Gasteiger partial charge in [0.05, 0.1) is 16.6 Å². The van der Waals surface area contributed by atoms with Gasteiger partial charge in [0.1, 0.15) is 5.82 Å². The number of rotatable bonds is 3. The molecule has 4 nitrogen and oxygen atoms in total. The van der Waals surface area contributed by atoms with Gasteiger partial charge in [-0.05, 0) is 63.1 Å². The molecular formula is C17H24N2O2. The summed E-state index contributed by atoms with van der Waals surface area (Å²) in [5.74, 6) is 1.98. The van der Waals surface area contributed by atoms with Crippen molar-refractivity contribution in [2.24, 2.45) is 5.92 Å². The van der Waals surface area contributed by atoms with Gasteiger partial charge in [0.25, 0.3) is 0 Å². The Balaban J connectivity index is 1.84. The highest BCUT2D eigenvalue weighted by atomic mass is 16.3. The molecule has 0 radical (unpaired) electrons. The summed E-state index contributed by atoms with van der Waals surface area (Å²) in [7, 11) is 0. The highest BCUT2D eigenvalue weighted by Crippen LogP contribution is 2.35. The second kappa shape index (κ2) is 5.43. The number of aliphatic hydroxyl groups excluding tert-OH is 1. The molecule has 0 spiro atoms. The lowest BCUT2D eigenvalue weighted by Gasteiger charge is -2.25. The second-order valence-electron chi connectivity index (χ2n) is 6.81. The van der Waals surface area contributed by atoms with E-state index in [2.05, 4.69) is 4.98 Å². The monoisotopic (exact) mass is 288 g/mol. The number of hydrogen-bond donors (Lipinski definition) is 3. The maximum atomic E-state index is 10.1. The van der Waals surface area contributed by atoms with Gasteiger partial charge >= 0.3 is 0 Å². The molecule has 0 aliphatic heterocycles. The van der Waals surface area contributed by atoms with Crippen molar-refractivity contribution in [2.75, 3.05) is 6.61 Å². The Bertz CT molecular complexity index is 619. The summed E-state index contributed by atoms with van der Waals surface area (Å²) in [5.41, 5.74) is 2.02. The lowest BCUT2D eigenvalue weighted by atomic mass is 9.82. The Morgan fingerprint density at radius 2 is 1.95 bits per heavy atom. The third-order valence-corrected chi connectivity index (χ3v) is 4.70. The van der Waals surface area contributed by atoms with Crippen molar-refractivity contribution in [2.45, 2.75) is 51.0 Å². The zero-order valence-electron chi connectivity index (χ0n) is 12.8. The summed E-state index contributed by atoms with van der Waals surface area (Å²) in [5, 5.41) is 19.3. The van der Waals surface area contributed by atoms with Crippen LogP contribution in [0.5, 0.6) is 0 Å². The fourth-order valence-corrected chi connectivity index (χ4v) is 3.22. The van der Waals surface area contributed by atoms with E-state index in [4.69, 9.17) is 4.98 Å². The zero-order chi connectivity index (χ0) is 15.0. The first kappa shape index (κ1) is 14.5. The van der Waals surface area contributed by atoms with Crippen LogP contribution >= 0.6 is 0 Å². The molecule has 1 aliphatic carbocycles. The largest absolute Gasteiger partial charge is 0.396 e. The van der Waals surface area contributed by atoms with E-state index in [-0.39, 0.29) is 0 Å². The molecule has 114 valence electrons. The van der Waals surface area contributed by atoms with Crippen LogP contribution < -0.4 is 0 Å². The molecule has 1 aromatic heterocycles. The number of H-pyrrole nitrogens is 1. The Morgan fingerprint density at radius 1 is 1.24 bits per heavy atom. The van der Waals surface area contributed by atoms with E-state index < -0.39 is 5.60 Å². The van der Waals surface area contributed by atoms with Crippen molar-refractivity contribution < 1.29 is 10.2 Å². The number of aliphatic hydroxyl groups is 2. The lowest BCUT2D eigenvalue weighted by molar-refractivity contribution is 0.0787. The normalized spacial score (nSPS) is 23.6. The minimum atomic E-state index is -0.835. The molecule has 21 heavy (non-hydrogen) atoms. The highest BCUT2D eigenvalue weighted by molar-refractivity contribution is 5.76. The average molecular weight is 288 g/mol. The van der Waals surface area contributed by atoms with Gasteiger partial charge in [-0.25, -0.2) is 4.98 Å². The van der Waals surface area contributed by atoms with Crippen LogP contribution in [0.4, 0.5) is 0 Å². The van der Waals surface area contributed by atoms with E-state index in [1.807, 2.05) is 18.2 Å². The van der Waals surface area contributed by atoms with Crippen LogP contribution in [0, 0.1) is 5.92 Å². The fourth-order valence-electron chi connectivity index (χ4n) is 3.22. The Kier molecular flexibility index (Phi) is 3.76. The molecule has 1 aliphatic rings. The lowest BCUT2D eigenvalue weighted by Crippen LogP contribution is -2.16. The summed E-state index contributed by atoms with van der Waals surface area (Å²) >= 11 is 0. The number of imidazole rings is 1. The van der Waals surface area contributed by atoms with Gasteiger partial charge in [0.2, 0.25) is 0 Å². The molecule has 1 heterocycles. The van der Waals surface area contributed by atoms with Gasteiger partial charge in [0, 0.05) is 12.5 Å². The first-order valence-electron chi connectivity index (χ1n) is 7.80. The summed E-state index contributed by atoms with van der Waals surface area (Å²) in [6, 6.07) is 5.91. The third-order valence-electron chi connectivity index (χ3n) is 4.70. The van der Waals surface area contributed by atoms with E-state index in [1.165, 1.54) is 0 Å². The van der Waals surface area contributed by atoms with Crippen LogP contribution in [0.2, 0.25) is 0 Å². The van der Waals surface area contributed by atoms with Crippen molar-refractivity contribution in [3.8, 4) is 0 Å². The molecular weight excluding hydrogens is 264 g/mol. The molecule has 0 amide bonds. The van der Waals surface area contributed by atoms with Crippen LogP contribution in [0.25, 0.3) is 11.0 Å². The predicted octanol–water partition coefficient (Wildman–Crippen LogP) is 3.06. The molecule has 0 atom stereocenters. The van der Waals surface area contributed by atoms with Gasteiger partial charge in [0.15, 0.2) is 0 Å². The SMILES string of the molecule is CC(C)(O)c1ccc2nc(C3CCC(CO)CC3)[nH]c2c1. The maximum absolute atomic E-state index is 10.1. The van der Waals surface area contributed by atoms with Gasteiger partial charge in [-0.1, -0.05) is 6.07 Å². The first-order valence-corrected chi connectivity index (χ1v) is 7.80. The molecule has 2 aromatic rings.